The van der Waals surface area contributed by atoms with Crippen LogP contribution in [0.15, 0.2) is 42.7 Å². The maximum Gasteiger partial charge on any atom is 0.252 e. The van der Waals surface area contributed by atoms with Crippen LogP contribution in [0.5, 0.6) is 0 Å². The lowest BCUT2D eigenvalue weighted by Crippen LogP contribution is -2.27. The van der Waals surface area contributed by atoms with Crippen molar-refractivity contribution in [2.75, 3.05) is 16.3 Å². The number of hydrogen-bond donors (Lipinski definition) is 3. The molecule has 4 N–H and O–H groups in total. The van der Waals surface area contributed by atoms with Gasteiger partial charge >= 0.3 is 0 Å². The lowest BCUT2D eigenvalue weighted by Gasteiger charge is -2.19. The summed E-state index contributed by atoms with van der Waals surface area (Å²) in [5.41, 5.74) is 8.69. The third-order valence-electron chi connectivity index (χ3n) is 5.16. The van der Waals surface area contributed by atoms with Gasteiger partial charge in [0.2, 0.25) is 10.0 Å². The molecule has 1 fully saturated rings. The Morgan fingerprint density at radius 1 is 1.21 bits per heavy atom. The zero-order valence-electron chi connectivity index (χ0n) is 19.5. The van der Waals surface area contributed by atoms with E-state index >= 15 is 0 Å². The number of rotatable bonds is 6. The molecule has 2 aromatic heterocycles. The van der Waals surface area contributed by atoms with Crippen LogP contribution >= 0.6 is 0 Å². The molecule has 0 aliphatic heterocycles. The molecule has 182 valence electrons. The van der Waals surface area contributed by atoms with E-state index in [0.717, 1.165) is 23.8 Å². The number of nitrogens with two attached hydrogens (primary N) is 1. The van der Waals surface area contributed by atoms with Crippen molar-refractivity contribution in [2.24, 2.45) is 5.73 Å². The fraction of sp³-hybridized carbons (Fsp3) is 0.333. The smallest absolute Gasteiger partial charge is 0.252 e. The van der Waals surface area contributed by atoms with Gasteiger partial charge in [0, 0.05) is 17.4 Å². The molecule has 2 atom stereocenters. The van der Waals surface area contributed by atoms with Crippen molar-refractivity contribution in [2.45, 2.75) is 45.3 Å². The van der Waals surface area contributed by atoms with Crippen LogP contribution in [0.4, 0.5) is 15.8 Å². The third kappa shape index (κ3) is 6.26. The van der Waals surface area contributed by atoms with Gasteiger partial charge in [0.25, 0.3) is 5.91 Å². The minimum Gasteiger partial charge on any atom is -0.377 e. The SMILES string of the molecule is C#C.CC.CS(=O)(=O)Nc1cccc(-c2cc3c(N[C@@H]4CCC[C@@H]4F)c(C(N)=O)cnn3c2)c1. The number of anilines is 2. The highest BCUT2D eigenvalue weighted by atomic mass is 32.2. The maximum atomic E-state index is 14.2. The molecule has 2 heterocycles. The van der Waals surface area contributed by atoms with E-state index in [2.05, 4.69) is 28.0 Å². The summed E-state index contributed by atoms with van der Waals surface area (Å²) in [7, 11) is -3.41. The first-order chi connectivity index (χ1) is 16.2. The number of amides is 1. The molecule has 1 aliphatic carbocycles. The highest BCUT2D eigenvalue weighted by Crippen LogP contribution is 2.32. The summed E-state index contributed by atoms with van der Waals surface area (Å²) in [4.78, 5) is 11.9. The van der Waals surface area contributed by atoms with Crippen molar-refractivity contribution < 1.29 is 17.6 Å². The molecule has 8 nitrogen and oxygen atoms in total. The number of carbonyl (C=O) groups excluding carboxylic acids is 1. The van der Waals surface area contributed by atoms with Crippen LogP contribution in [0.2, 0.25) is 0 Å². The Hall–Kier alpha value is -3.58. The van der Waals surface area contributed by atoms with E-state index in [4.69, 9.17) is 5.73 Å². The van der Waals surface area contributed by atoms with Crippen molar-refractivity contribution in [3.05, 3.63) is 48.3 Å². The molecular formula is C24H30FN5O3S. The maximum absolute atomic E-state index is 14.2. The van der Waals surface area contributed by atoms with Gasteiger partial charge in [-0.05, 0) is 43.0 Å². The Labute approximate surface area is 199 Å². The minimum atomic E-state index is -3.41. The molecule has 3 aromatic rings. The van der Waals surface area contributed by atoms with E-state index in [0.29, 0.717) is 29.7 Å². The number of terminal acetylenes is 1. The summed E-state index contributed by atoms with van der Waals surface area (Å²) >= 11 is 0. The molecule has 1 amide bonds. The molecular weight excluding hydrogens is 457 g/mol. The number of benzene rings is 1. The van der Waals surface area contributed by atoms with Gasteiger partial charge < -0.3 is 11.1 Å². The predicted molar refractivity (Wildman–Crippen MR) is 135 cm³/mol. The number of alkyl halides is 1. The lowest BCUT2D eigenvalue weighted by molar-refractivity contribution is 0.100. The molecule has 34 heavy (non-hydrogen) atoms. The fourth-order valence-electron chi connectivity index (χ4n) is 3.79. The van der Waals surface area contributed by atoms with E-state index in [9.17, 15) is 17.6 Å². The first kappa shape index (κ1) is 26.7. The molecule has 0 radical (unpaired) electrons. The lowest BCUT2D eigenvalue weighted by atomic mass is 10.1. The second-order valence-electron chi connectivity index (χ2n) is 7.51. The third-order valence-corrected chi connectivity index (χ3v) is 5.77. The summed E-state index contributed by atoms with van der Waals surface area (Å²) in [5, 5.41) is 7.42. The molecule has 1 aromatic carbocycles. The van der Waals surface area contributed by atoms with Gasteiger partial charge in [0.05, 0.1) is 35.3 Å². The average Bonchev–Trinajstić information content (AvgIpc) is 3.42. The summed E-state index contributed by atoms with van der Waals surface area (Å²) in [6.07, 6.45) is 13.1. The number of aromatic nitrogens is 2. The van der Waals surface area contributed by atoms with Gasteiger partial charge in [-0.2, -0.15) is 5.10 Å². The topological polar surface area (TPSA) is 119 Å². The van der Waals surface area contributed by atoms with Crippen LogP contribution in [0.25, 0.3) is 16.6 Å². The standard InChI is InChI=1S/C20H22FN5O3S.C2H6.C2H2/c1-30(28,29)25-14-5-2-4-12(8-14)13-9-18-19(24-17-7-3-6-16(17)21)15(20(22)27)10-23-26(18)11-13;2*1-2/h2,4-5,8-11,16-17,24-25H,3,6-7H2,1H3,(H2,22,27);1-2H3;1-2H/t16-,17+;;/m0../s1. The van der Waals surface area contributed by atoms with Crippen molar-refractivity contribution in [3.63, 3.8) is 0 Å². The van der Waals surface area contributed by atoms with E-state index in [1.807, 2.05) is 26.0 Å². The van der Waals surface area contributed by atoms with E-state index in [1.54, 1.807) is 28.9 Å². The Balaban J connectivity index is 0.000000970. The van der Waals surface area contributed by atoms with Crippen LogP contribution in [-0.2, 0) is 10.0 Å². The Bertz CT molecular complexity index is 1270. The van der Waals surface area contributed by atoms with Crippen LogP contribution in [-0.4, -0.2) is 42.4 Å². The molecule has 0 spiro atoms. The molecule has 0 unspecified atom stereocenters. The van der Waals surface area contributed by atoms with Crippen LogP contribution < -0.4 is 15.8 Å². The van der Waals surface area contributed by atoms with E-state index < -0.39 is 28.1 Å². The monoisotopic (exact) mass is 487 g/mol. The van der Waals surface area contributed by atoms with Gasteiger partial charge in [-0.1, -0.05) is 26.0 Å². The highest BCUT2D eigenvalue weighted by Gasteiger charge is 2.29. The summed E-state index contributed by atoms with van der Waals surface area (Å²) in [6.45, 7) is 4.00. The van der Waals surface area contributed by atoms with Gasteiger partial charge in [-0.3, -0.25) is 9.52 Å². The molecule has 0 bridgehead atoms. The summed E-state index contributed by atoms with van der Waals surface area (Å²) in [5.74, 6) is -0.650. The van der Waals surface area contributed by atoms with Crippen LogP contribution in [0.1, 0.15) is 43.5 Å². The average molecular weight is 488 g/mol. The van der Waals surface area contributed by atoms with Gasteiger partial charge in [-0.25, -0.2) is 17.3 Å². The Kier molecular flexibility index (Phi) is 9.04. The number of hydrogen-bond acceptors (Lipinski definition) is 5. The Morgan fingerprint density at radius 3 is 2.50 bits per heavy atom. The number of carbonyl (C=O) groups is 1. The van der Waals surface area contributed by atoms with Gasteiger partial charge in [0.15, 0.2) is 0 Å². The number of fused-ring (bicyclic) bond motifs is 1. The normalized spacial score (nSPS) is 17.1. The molecule has 1 aliphatic rings. The number of primary amides is 1. The largest absolute Gasteiger partial charge is 0.377 e. The minimum absolute atomic E-state index is 0.193. The Morgan fingerprint density at radius 2 is 1.91 bits per heavy atom. The fourth-order valence-corrected chi connectivity index (χ4v) is 4.35. The second-order valence-corrected chi connectivity index (χ2v) is 9.26. The van der Waals surface area contributed by atoms with Gasteiger partial charge in [0.1, 0.15) is 6.17 Å². The summed E-state index contributed by atoms with van der Waals surface area (Å²) < 4.78 is 41.3. The highest BCUT2D eigenvalue weighted by molar-refractivity contribution is 7.92. The number of nitrogens with zero attached hydrogens (tertiary/aromatic N) is 2. The van der Waals surface area contributed by atoms with E-state index in [-0.39, 0.29) is 5.56 Å². The second kappa shape index (κ2) is 11.5. The zero-order chi connectivity index (χ0) is 25.5. The number of nitrogens with one attached hydrogen (secondary N) is 2. The zero-order valence-corrected chi connectivity index (χ0v) is 20.3. The number of halogens is 1. The molecule has 1 saturated carbocycles. The molecule has 4 rings (SSSR count). The first-order valence-corrected chi connectivity index (χ1v) is 12.7. The van der Waals surface area contributed by atoms with Crippen molar-refractivity contribution in [3.8, 4) is 24.0 Å². The first-order valence-electron chi connectivity index (χ1n) is 10.8. The molecule has 10 heteroatoms. The van der Waals surface area contributed by atoms with Crippen molar-refractivity contribution in [1.29, 1.82) is 0 Å². The van der Waals surface area contributed by atoms with E-state index in [1.165, 1.54) is 6.20 Å². The predicted octanol–water partition coefficient (Wildman–Crippen LogP) is 4.05. The molecule has 0 saturated heterocycles. The van der Waals surface area contributed by atoms with Crippen molar-refractivity contribution in [1.82, 2.24) is 9.61 Å². The van der Waals surface area contributed by atoms with Gasteiger partial charge in [-0.15, -0.1) is 12.8 Å². The van der Waals surface area contributed by atoms with Crippen LogP contribution in [0, 0.1) is 12.8 Å². The van der Waals surface area contributed by atoms with Crippen LogP contribution in [0.3, 0.4) is 0 Å². The number of sulfonamides is 1. The quantitative estimate of drug-likeness (QED) is 0.453. The summed E-state index contributed by atoms with van der Waals surface area (Å²) in [6, 6.07) is 8.33. The van der Waals surface area contributed by atoms with Crippen molar-refractivity contribution >= 4 is 32.8 Å².